The first kappa shape index (κ1) is 17.3. The van der Waals surface area contributed by atoms with E-state index in [4.69, 9.17) is 4.42 Å². The molecule has 0 saturated carbocycles. The Morgan fingerprint density at radius 3 is 2.30 bits per heavy atom. The first-order chi connectivity index (χ1) is 16.4. The van der Waals surface area contributed by atoms with Crippen LogP contribution in [0.15, 0.2) is 108 Å². The summed E-state index contributed by atoms with van der Waals surface area (Å²) >= 11 is 0. The third kappa shape index (κ3) is 2.22. The molecule has 0 amide bonds. The minimum absolute atomic E-state index is 0.937. The van der Waals surface area contributed by atoms with Gasteiger partial charge < -0.3 is 8.98 Å². The van der Waals surface area contributed by atoms with Gasteiger partial charge in [-0.25, -0.2) is 0 Å². The van der Waals surface area contributed by atoms with Crippen LogP contribution in [0.2, 0.25) is 0 Å². The molecule has 0 unspecified atom stereocenters. The van der Waals surface area contributed by atoms with Crippen molar-refractivity contribution in [3.63, 3.8) is 0 Å². The lowest BCUT2D eigenvalue weighted by Crippen LogP contribution is -1.93. The molecule has 0 radical (unpaired) electrons. The largest absolute Gasteiger partial charge is 0.456 e. The van der Waals surface area contributed by atoms with Crippen LogP contribution in [-0.4, -0.2) is 4.57 Å². The maximum Gasteiger partial charge on any atom is 0.136 e. The molecule has 0 fully saturated rings. The Morgan fingerprint density at radius 1 is 0.545 bits per heavy atom. The Labute approximate surface area is 190 Å². The van der Waals surface area contributed by atoms with Crippen molar-refractivity contribution in [3.05, 3.63) is 114 Å². The molecule has 0 aliphatic heterocycles. The topological polar surface area (TPSA) is 18.1 Å². The van der Waals surface area contributed by atoms with Crippen molar-refractivity contribution < 1.29 is 4.42 Å². The Morgan fingerprint density at radius 2 is 1.36 bits per heavy atom. The highest BCUT2D eigenvalue weighted by atomic mass is 16.3. The zero-order valence-electron chi connectivity index (χ0n) is 17.9. The van der Waals surface area contributed by atoms with Crippen molar-refractivity contribution in [3.8, 4) is 16.8 Å². The molecule has 154 valence electrons. The van der Waals surface area contributed by atoms with E-state index in [9.17, 15) is 0 Å². The molecule has 0 saturated heterocycles. The third-order valence-electron chi connectivity index (χ3n) is 7.20. The van der Waals surface area contributed by atoms with Gasteiger partial charge in [0, 0.05) is 27.2 Å². The van der Waals surface area contributed by atoms with E-state index in [1.165, 1.54) is 60.5 Å². The van der Waals surface area contributed by atoms with Crippen LogP contribution in [0, 0.1) is 0 Å². The van der Waals surface area contributed by atoms with Crippen LogP contribution in [-0.2, 0) is 6.42 Å². The molecule has 1 aliphatic carbocycles. The molecular formula is C31H19NO. The second-order valence-corrected chi connectivity index (χ2v) is 8.96. The number of furan rings is 1. The zero-order chi connectivity index (χ0) is 21.5. The summed E-state index contributed by atoms with van der Waals surface area (Å²) in [6.07, 6.45) is 0.988. The van der Waals surface area contributed by atoms with E-state index in [2.05, 4.69) is 102 Å². The Balaban J connectivity index is 1.61. The lowest BCUT2D eigenvalue weighted by Gasteiger charge is -2.08. The van der Waals surface area contributed by atoms with Crippen LogP contribution in [0.5, 0.6) is 0 Å². The summed E-state index contributed by atoms with van der Waals surface area (Å²) in [4.78, 5) is 0. The fourth-order valence-corrected chi connectivity index (χ4v) is 5.81. The summed E-state index contributed by atoms with van der Waals surface area (Å²) in [5, 5.41) is 4.92. The van der Waals surface area contributed by atoms with Crippen molar-refractivity contribution in [1.82, 2.24) is 4.57 Å². The van der Waals surface area contributed by atoms with Gasteiger partial charge in [-0.05, 0) is 71.1 Å². The smallest absolute Gasteiger partial charge is 0.136 e. The van der Waals surface area contributed by atoms with Crippen LogP contribution in [0.3, 0.4) is 0 Å². The monoisotopic (exact) mass is 421 g/mol. The summed E-state index contributed by atoms with van der Waals surface area (Å²) in [6.45, 7) is 0. The molecule has 2 heterocycles. The minimum Gasteiger partial charge on any atom is -0.456 e. The van der Waals surface area contributed by atoms with Crippen LogP contribution in [0.1, 0.15) is 11.1 Å². The molecule has 2 aromatic heterocycles. The molecule has 0 spiro atoms. The van der Waals surface area contributed by atoms with E-state index in [-0.39, 0.29) is 0 Å². The van der Waals surface area contributed by atoms with Gasteiger partial charge in [-0.2, -0.15) is 0 Å². The molecule has 7 aromatic rings. The van der Waals surface area contributed by atoms with E-state index in [1.54, 1.807) is 0 Å². The zero-order valence-corrected chi connectivity index (χ0v) is 17.9. The highest BCUT2D eigenvalue weighted by molar-refractivity contribution is 6.27. The standard InChI is InChI=1S/C31H19NO/c1-2-9-21(10-3-1)32-26-14-15-29-31(23-12-6-7-13-28(23)33-29)30(26)25-18-24-20(17-27(25)32)16-19-8-4-5-11-22(19)24/h1-15,17-18H,16H2. The predicted molar refractivity (Wildman–Crippen MR) is 136 cm³/mol. The van der Waals surface area contributed by atoms with Gasteiger partial charge in [0.25, 0.3) is 0 Å². The van der Waals surface area contributed by atoms with E-state index in [0.717, 1.165) is 17.6 Å². The van der Waals surface area contributed by atoms with E-state index >= 15 is 0 Å². The van der Waals surface area contributed by atoms with E-state index in [1.807, 2.05) is 6.07 Å². The van der Waals surface area contributed by atoms with Gasteiger partial charge in [-0.3, -0.25) is 0 Å². The van der Waals surface area contributed by atoms with Gasteiger partial charge in [0.05, 0.1) is 11.0 Å². The SMILES string of the molecule is c1ccc(-n2c3cc4c(cc3c3c5c(ccc32)oc2ccccc25)-c2ccccc2C4)cc1. The molecular weight excluding hydrogens is 402 g/mol. The normalized spacial score (nSPS) is 12.7. The van der Waals surface area contributed by atoms with Gasteiger partial charge in [0.1, 0.15) is 11.2 Å². The molecule has 5 aromatic carbocycles. The van der Waals surface area contributed by atoms with E-state index < -0.39 is 0 Å². The average Bonchev–Trinajstić information content (AvgIpc) is 3.51. The molecule has 33 heavy (non-hydrogen) atoms. The molecule has 0 N–H and O–H groups in total. The second-order valence-electron chi connectivity index (χ2n) is 8.96. The summed E-state index contributed by atoms with van der Waals surface area (Å²) in [5.41, 5.74) is 11.1. The first-order valence-corrected chi connectivity index (χ1v) is 11.4. The molecule has 1 aliphatic rings. The molecule has 0 bridgehead atoms. The van der Waals surface area contributed by atoms with Gasteiger partial charge in [0.15, 0.2) is 0 Å². The second kappa shape index (κ2) is 6.14. The quantitative estimate of drug-likeness (QED) is 0.261. The average molecular weight is 421 g/mol. The first-order valence-electron chi connectivity index (χ1n) is 11.4. The van der Waals surface area contributed by atoms with Crippen molar-refractivity contribution in [2.24, 2.45) is 0 Å². The Bertz CT molecular complexity index is 1890. The third-order valence-corrected chi connectivity index (χ3v) is 7.20. The number of hydrogen-bond donors (Lipinski definition) is 0. The molecule has 8 rings (SSSR count). The number of rotatable bonds is 1. The highest BCUT2D eigenvalue weighted by Crippen LogP contribution is 2.45. The molecule has 2 heteroatoms. The Kier molecular flexibility index (Phi) is 3.22. The van der Waals surface area contributed by atoms with Crippen LogP contribution in [0.4, 0.5) is 0 Å². The number of aromatic nitrogens is 1. The van der Waals surface area contributed by atoms with Crippen LogP contribution in [0.25, 0.3) is 60.6 Å². The number of para-hydroxylation sites is 2. The van der Waals surface area contributed by atoms with Gasteiger partial charge in [-0.1, -0.05) is 60.7 Å². The van der Waals surface area contributed by atoms with Crippen molar-refractivity contribution in [1.29, 1.82) is 0 Å². The maximum absolute atomic E-state index is 6.26. The number of hydrogen-bond acceptors (Lipinski definition) is 1. The van der Waals surface area contributed by atoms with Crippen molar-refractivity contribution in [2.45, 2.75) is 6.42 Å². The summed E-state index contributed by atoms with van der Waals surface area (Å²) in [5.74, 6) is 0. The maximum atomic E-state index is 6.26. The van der Waals surface area contributed by atoms with Gasteiger partial charge >= 0.3 is 0 Å². The van der Waals surface area contributed by atoms with Gasteiger partial charge in [-0.15, -0.1) is 0 Å². The lowest BCUT2D eigenvalue weighted by molar-refractivity contribution is 0.669. The van der Waals surface area contributed by atoms with E-state index in [0.29, 0.717) is 0 Å². The van der Waals surface area contributed by atoms with Crippen LogP contribution >= 0.6 is 0 Å². The predicted octanol–water partition coefficient (Wildman–Crippen LogP) is 8.25. The fourth-order valence-electron chi connectivity index (χ4n) is 5.81. The number of benzene rings is 5. The van der Waals surface area contributed by atoms with Crippen molar-refractivity contribution >= 4 is 43.7 Å². The minimum atomic E-state index is 0.937. The summed E-state index contributed by atoms with van der Waals surface area (Å²) in [6, 6.07) is 37.0. The Hall–Kier alpha value is -4.30. The number of fused-ring (bicyclic) bond motifs is 10. The highest BCUT2D eigenvalue weighted by Gasteiger charge is 2.23. The lowest BCUT2D eigenvalue weighted by atomic mass is 10.0. The summed E-state index contributed by atoms with van der Waals surface area (Å²) in [7, 11) is 0. The molecule has 2 nitrogen and oxygen atoms in total. The fraction of sp³-hybridized carbons (Fsp3) is 0.0323. The van der Waals surface area contributed by atoms with Crippen molar-refractivity contribution in [2.75, 3.05) is 0 Å². The van der Waals surface area contributed by atoms with Gasteiger partial charge in [0.2, 0.25) is 0 Å². The van der Waals surface area contributed by atoms with Crippen LogP contribution < -0.4 is 0 Å². The summed E-state index contributed by atoms with van der Waals surface area (Å²) < 4.78 is 8.68. The molecule has 0 atom stereocenters. The number of nitrogens with zero attached hydrogens (tertiary/aromatic N) is 1.